The Bertz CT molecular complexity index is 966. The smallest absolute Gasteiger partial charge is 0.405 e. The van der Waals surface area contributed by atoms with Crippen LogP contribution in [-0.4, -0.2) is 42.4 Å². The Kier molecular flexibility index (Phi) is 6.37. The highest BCUT2D eigenvalue weighted by atomic mass is 35.5. The molecule has 0 heterocycles. The van der Waals surface area contributed by atoms with Crippen LogP contribution in [0.5, 0.6) is 0 Å². The molecule has 1 amide bonds. The van der Waals surface area contributed by atoms with Crippen molar-refractivity contribution in [2.75, 3.05) is 13.6 Å². The number of hydrogen-bond acceptors (Lipinski definition) is 5. The molecule has 0 aliphatic heterocycles. The summed E-state index contributed by atoms with van der Waals surface area (Å²) in [7, 11) is -3.02. The maximum Gasteiger partial charge on any atom is 0.405 e. The van der Waals surface area contributed by atoms with E-state index in [0.29, 0.717) is 10.6 Å². The molecule has 0 aromatic heterocycles. The third kappa shape index (κ3) is 4.94. The molecule has 0 saturated carbocycles. The highest BCUT2D eigenvalue weighted by molar-refractivity contribution is 7.89. The number of amides is 1. The SMILES string of the molecule is CN(CC(NC(=O)O)c1cccc(Cl)c1)S(=O)(=O)c1ccccc1[N+](=O)[O-]. The highest BCUT2D eigenvalue weighted by Crippen LogP contribution is 2.27. The van der Waals surface area contributed by atoms with Crippen molar-refractivity contribution in [1.82, 2.24) is 9.62 Å². The lowest BCUT2D eigenvalue weighted by atomic mass is 10.1. The molecule has 1 unspecified atom stereocenters. The van der Waals surface area contributed by atoms with Gasteiger partial charge in [0.05, 0.1) is 11.0 Å². The normalized spacial score (nSPS) is 12.6. The van der Waals surface area contributed by atoms with Crippen LogP contribution in [0.1, 0.15) is 11.6 Å². The Morgan fingerprint density at radius 3 is 2.56 bits per heavy atom. The van der Waals surface area contributed by atoms with Gasteiger partial charge in [-0.15, -0.1) is 0 Å². The number of halogens is 1. The number of hydrogen-bond donors (Lipinski definition) is 2. The lowest BCUT2D eigenvalue weighted by Gasteiger charge is -2.24. The van der Waals surface area contributed by atoms with E-state index >= 15 is 0 Å². The van der Waals surface area contributed by atoms with E-state index in [0.717, 1.165) is 16.4 Å². The van der Waals surface area contributed by atoms with E-state index in [4.69, 9.17) is 16.7 Å². The minimum atomic E-state index is -4.24. The van der Waals surface area contributed by atoms with Crippen molar-refractivity contribution in [3.8, 4) is 0 Å². The fourth-order valence-electron chi connectivity index (χ4n) is 2.46. The van der Waals surface area contributed by atoms with Gasteiger partial charge >= 0.3 is 6.09 Å². The first-order valence-corrected chi connectivity index (χ1v) is 9.39. The van der Waals surface area contributed by atoms with Gasteiger partial charge in [0, 0.05) is 24.7 Å². The number of likely N-dealkylation sites (N-methyl/N-ethyl adjacent to an activating group) is 1. The Morgan fingerprint density at radius 1 is 1.30 bits per heavy atom. The molecular formula is C16H16ClN3O6S. The lowest BCUT2D eigenvalue weighted by Crippen LogP contribution is -2.38. The van der Waals surface area contributed by atoms with Crippen LogP contribution in [0.25, 0.3) is 0 Å². The molecule has 1 atom stereocenters. The van der Waals surface area contributed by atoms with Crippen molar-refractivity contribution >= 4 is 33.4 Å². The average molecular weight is 414 g/mol. The van der Waals surface area contributed by atoms with Gasteiger partial charge in [0.15, 0.2) is 4.90 Å². The number of nitro groups is 1. The summed E-state index contributed by atoms with van der Waals surface area (Å²) in [4.78, 5) is 21.0. The van der Waals surface area contributed by atoms with Crippen molar-refractivity contribution in [2.45, 2.75) is 10.9 Å². The molecular weight excluding hydrogens is 398 g/mol. The zero-order valence-corrected chi connectivity index (χ0v) is 15.6. The van der Waals surface area contributed by atoms with Gasteiger partial charge in [0.25, 0.3) is 5.69 Å². The average Bonchev–Trinajstić information content (AvgIpc) is 2.60. The molecule has 0 fully saturated rings. The van der Waals surface area contributed by atoms with Crippen LogP contribution in [0.4, 0.5) is 10.5 Å². The number of nitro benzene ring substituents is 1. The summed E-state index contributed by atoms with van der Waals surface area (Å²) in [5.74, 6) is 0. The summed E-state index contributed by atoms with van der Waals surface area (Å²) in [5.41, 5.74) is -0.107. The predicted molar refractivity (Wildman–Crippen MR) is 98.3 cm³/mol. The van der Waals surface area contributed by atoms with E-state index in [9.17, 15) is 23.3 Å². The second-order valence-electron chi connectivity index (χ2n) is 5.57. The number of sulfonamides is 1. The van der Waals surface area contributed by atoms with Crippen LogP contribution in [0, 0.1) is 10.1 Å². The third-order valence-corrected chi connectivity index (χ3v) is 5.84. The van der Waals surface area contributed by atoms with Gasteiger partial charge in [0.1, 0.15) is 0 Å². The van der Waals surface area contributed by atoms with Gasteiger partial charge in [-0.05, 0) is 23.8 Å². The minimum absolute atomic E-state index is 0.291. The monoisotopic (exact) mass is 413 g/mol. The molecule has 0 aliphatic rings. The predicted octanol–water partition coefficient (Wildman–Crippen LogP) is 2.88. The van der Waals surface area contributed by atoms with E-state index in [-0.39, 0.29) is 6.54 Å². The molecule has 2 N–H and O–H groups in total. The zero-order chi connectivity index (χ0) is 20.2. The topological polar surface area (TPSA) is 130 Å². The van der Waals surface area contributed by atoms with Gasteiger partial charge in [-0.3, -0.25) is 10.1 Å². The van der Waals surface area contributed by atoms with Crippen LogP contribution in [-0.2, 0) is 10.0 Å². The molecule has 27 heavy (non-hydrogen) atoms. The van der Waals surface area contributed by atoms with Gasteiger partial charge < -0.3 is 10.4 Å². The second-order valence-corrected chi connectivity index (χ2v) is 8.02. The van der Waals surface area contributed by atoms with Gasteiger partial charge in [-0.25, -0.2) is 13.2 Å². The Morgan fingerprint density at radius 2 is 1.96 bits per heavy atom. The van der Waals surface area contributed by atoms with Crippen LogP contribution in [0.3, 0.4) is 0 Å². The molecule has 0 saturated heterocycles. The number of carboxylic acid groups (broad SMARTS) is 1. The first-order chi connectivity index (χ1) is 12.6. The number of benzene rings is 2. The molecule has 2 aromatic rings. The molecule has 2 rings (SSSR count). The largest absolute Gasteiger partial charge is 0.465 e. The number of carbonyl (C=O) groups is 1. The number of nitrogens with zero attached hydrogens (tertiary/aromatic N) is 2. The molecule has 11 heteroatoms. The summed E-state index contributed by atoms with van der Waals surface area (Å²) in [5, 5.41) is 22.8. The fraction of sp³-hybridized carbons (Fsp3) is 0.188. The van der Waals surface area contributed by atoms with Crippen molar-refractivity contribution in [1.29, 1.82) is 0 Å². The Labute approximate surface area is 160 Å². The van der Waals surface area contributed by atoms with Crippen molar-refractivity contribution in [3.63, 3.8) is 0 Å². The van der Waals surface area contributed by atoms with E-state index in [1.54, 1.807) is 18.2 Å². The number of nitrogens with one attached hydrogen (secondary N) is 1. The summed E-state index contributed by atoms with van der Waals surface area (Å²) >= 11 is 5.92. The van der Waals surface area contributed by atoms with Crippen molar-refractivity contribution in [3.05, 3.63) is 69.2 Å². The Balaban J connectivity index is 2.38. The molecule has 2 aromatic carbocycles. The van der Waals surface area contributed by atoms with E-state index < -0.39 is 37.7 Å². The molecule has 0 spiro atoms. The molecule has 0 bridgehead atoms. The van der Waals surface area contributed by atoms with Crippen LogP contribution in [0.15, 0.2) is 53.4 Å². The number of para-hydroxylation sites is 1. The molecule has 0 radical (unpaired) electrons. The second kappa shape index (κ2) is 8.33. The van der Waals surface area contributed by atoms with Crippen molar-refractivity contribution < 1.29 is 23.2 Å². The Hall–Kier alpha value is -2.69. The summed E-state index contributed by atoms with van der Waals surface area (Å²) in [6, 6.07) is 10.3. The van der Waals surface area contributed by atoms with E-state index in [1.165, 1.54) is 25.2 Å². The maximum atomic E-state index is 12.8. The maximum absolute atomic E-state index is 12.8. The third-order valence-electron chi connectivity index (χ3n) is 3.74. The number of rotatable bonds is 7. The highest BCUT2D eigenvalue weighted by Gasteiger charge is 2.31. The van der Waals surface area contributed by atoms with Gasteiger partial charge in [0.2, 0.25) is 10.0 Å². The first kappa shape index (κ1) is 20.6. The standard InChI is InChI=1S/C16H16ClN3O6S/c1-19(27(25,26)15-8-3-2-7-14(15)20(23)24)10-13(18-16(21)22)11-5-4-6-12(17)9-11/h2-9,13,18H,10H2,1H3,(H,21,22). The van der Waals surface area contributed by atoms with E-state index in [2.05, 4.69) is 5.32 Å². The quantitative estimate of drug-likeness (QED) is 0.530. The minimum Gasteiger partial charge on any atom is -0.465 e. The summed E-state index contributed by atoms with van der Waals surface area (Å²) < 4.78 is 26.5. The lowest BCUT2D eigenvalue weighted by molar-refractivity contribution is -0.387. The van der Waals surface area contributed by atoms with E-state index in [1.807, 2.05) is 0 Å². The zero-order valence-electron chi connectivity index (χ0n) is 14.1. The molecule has 9 nitrogen and oxygen atoms in total. The summed E-state index contributed by atoms with van der Waals surface area (Å²) in [6.07, 6.45) is -1.35. The van der Waals surface area contributed by atoms with Crippen LogP contribution < -0.4 is 5.32 Å². The molecule has 0 aliphatic carbocycles. The van der Waals surface area contributed by atoms with Gasteiger partial charge in [-0.1, -0.05) is 35.9 Å². The molecule has 144 valence electrons. The summed E-state index contributed by atoms with van der Waals surface area (Å²) in [6.45, 7) is -0.291. The van der Waals surface area contributed by atoms with Crippen LogP contribution in [0.2, 0.25) is 5.02 Å². The van der Waals surface area contributed by atoms with Crippen LogP contribution >= 0.6 is 11.6 Å². The first-order valence-electron chi connectivity index (χ1n) is 7.57. The fourth-order valence-corrected chi connectivity index (χ4v) is 3.99. The van der Waals surface area contributed by atoms with Crippen molar-refractivity contribution in [2.24, 2.45) is 0 Å². The van der Waals surface area contributed by atoms with Gasteiger partial charge in [-0.2, -0.15) is 4.31 Å².